The van der Waals surface area contributed by atoms with Gasteiger partial charge in [0.1, 0.15) is 11.6 Å². The van der Waals surface area contributed by atoms with Crippen molar-refractivity contribution in [3.05, 3.63) is 40.2 Å². The Labute approximate surface area is 164 Å². The summed E-state index contributed by atoms with van der Waals surface area (Å²) >= 11 is 0. The molecule has 11 heteroatoms. The Kier molecular flexibility index (Phi) is 4.75. The lowest BCUT2D eigenvalue weighted by Gasteiger charge is -2.33. The summed E-state index contributed by atoms with van der Waals surface area (Å²) in [6.45, 7) is 3.35. The van der Waals surface area contributed by atoms with E-state index in [1.165, 1.54) is 0 Å². The van der Waals surface area contributed by atoms with Crippen LogP contribution in [0.4, 0.5) is 19.0 Å². The van der Waals surface area contributed by atoms with E-state index < -0.39 is 17.4 Å². The number of aryl methyl sites for hydroxylation is 2. The molecule has 1 aliphatic rings. The molecule has 1 saturated heterocycles. The van der Waals surface area contributed by atoms with Crippen LogP contribution >= 0.6 is 0 Å². The minimum atomic E-state index is -4.57. The van der Waals surface area contributed by atoms with Crippen LogP contribution in [0.2, 0.25) is 0 Å². The minimum Gasteiger partial charge on any atom is -0.356 e. The van der Waals surface area contributed by atoms with Crippen LogP contribution in [0.15, 0.2) is 23.1 Å². The molecule has 0 spiro atoms. The predicted molar refractivity (Wildman–Crippen MR) is 99.5 cm³/mol. The Balaban J connectivity index is 1.49. The lowest BCUT2D eigenvalue weighted by Crippen LogP contribution is -2.37. The van der Waals surface area contributed by atoms with Gasteiger partial charge in [-0.2, -0.15) is 23.4 Å². The molecule has 1 aliphatic heterocycles. The molecule has 4 heterocycles. The van der Waals surface area contributed by atoms with Crippen LogP contribution in [0.25, 0.3) is 11.0 Å². The SMILES string of the molecule is Cc1nc(N2CCC(Cn3nc(C(F)(F)F)ccc3=O)CC2)c2cnn(C)c2n1. The Hall–Kier alpha value is -2.98. The van der Waals surface area contributed by atoms with Gasteiger partial charge in [-0.25, -0.2) is 14.6 Å². The molecule has 0 saturated carbocycles. The average molecular weight is 407 g/mol. The smallest absolute Gasteiger partial charge is 0.356 e. The molecular weight excluding hydrogens is 387 g/mol. The summed E-state index contributed by atoms with van der Waals surface area (Å²) in [7, 11) is 1.82. The molecule has 0 radical (unpaired) electrons. The maximum Gasteiger partial charge on any atom is 0.435 e. The summed E-state index contributed by atoms with van der Waals surface area (Å²) in [4.78, 5) is 23.1. The molecule has 29 heavy (non-hydrogen) atoms. The van der Waals surface area contributed by atoms with Crippen LogP contribution in [0.5, 0.6) is 0 Å². The zero-order chi connectivity index (χ0) is 20.8. The van der Waals surface area contributed by atoms with Crippen molar-refractivity contribution < 1.29 is 13.2 Å². The summed E-state index contributed by atoms with van der Waals surface area (Å²) < 4.78 is 41.3. The number of rotatable bonds is 3. The van der Waals surface area contributed by atoms with Gasteiger partial charge in [-0.3, -0.25) is 9.48 Å². The first-order valence-corrected chi connectivity index (χ1v) is 9.29. The maximum atomic E-state index is 12.9. The van der Waals surface area contributed by atoms with Gasteiger partial charge in [0.05, 0.1) is 11.6 Å². The molecule has 3 aromatic heterocycles. The van der Waals surface area contributed by atoms with Gasteiger partial charge < -0.3 is 4.90 Å². The number of halogens is 3. The van der Waals surface area contributed by atoms with Crippen LogP contribution in [-0.2, 0) is 19.8 Å². The summed E-state index contributed by atoms with van der Waals surface area (Å²) in [5, 5.41) is 8.62. The molecule has 0 bridgehead atoms. The second-order valence-electron chi connectivity index (χ2n) is 7.27. The zero-order valence-electron chi connectivity index (χ0n) is 16.0. The van der Waals surface area contributed by atoms with Crippen LogP contribution in [0, 0.1) is 12.8 Å². The molecule has 0 unspecified atom stereocenters. The first-order chi connectivity index (χ1) is 13.7. The first kappa shape index (κ1) is 19.3. The minimum absolute atomic E-state index is 0.0623. The molecule has 8 nitrogen and oxygen atoms in total. The highest BCUT2D eigenvalue weighted by molar-refractivity contribution is 5.87. The van der Waals surface area contributed by atoms with E-state index in [4.69, 9.17) is 0 Å². The average Bonchev–Trinajstić information content (AvgIpc) is 3.03. The van der Waals surface area contributed by atoms with Crippen molar-refractivity contribution in [3.63, 3.8) is 0 Å². The largest absolute Gasteiger partial charge is 0.435 e. The summed E-state index contributed by atoms with van der Waals surface area (Å²) in [5.41, 5.74) is -0.816. The van der Waals surface area contributed by atoms with Crippen molar-refractivity contribution >= 4 is 16.9 Å². The molecule has 1 fully saturated rings. The van der Waals surface area contributed by atoms with Crippen molar-refractivity contribution in [3.8, 4) is 0 Å². The van der Waals surface area contributed by atoms with E-state index in [1.54, 1.807) is 10.9 Å². The standard InChI is InChI=1S/C18H20F3N7O/c1-11-23-16-13(9-22-26(16)2)17(24-11)27-7-5-12(6-8-27)10-28-15(29)4-3-14(25-28)18(19,20)21/h3-4,9,12H,5-8,10H2,1-2H3. The van der Waals surface area contributed by atoms with E-state index in [0.29, 0.717) is 18.9 Å². The molecule has 0 aliphatic carbocycles. The van der Waals surface area contributed by atoms with Gasteiger partial charge in [0.2, 0.25) is 0 Å². The van der Waals surface area contributed by atoms with Crippen LogP contribution < -0.4 is 10.5 Å². The fraction of sp³-hybridized carbons (Fsp3) is 0.500. The molecule has 0 atom stereocenters. The third kappa shape index (κ3) is 3.81. The second kappa shape index (κ2) is 7.12. The zero-order valence-corrected chi connectivity index (χ0v) is 16.0. The fourth-order valence-electron chi connectivity index (χ4n) is 3.66. The topological polar surface area (TPSA) is 81.7 Å². The van der Waals surface area contributed by atoms with Crippen molar-refractivity contribution in [2.45, 2.75) is 32.5 Å². The molecule has 0 amide bonds. The van der Waals surface area contributed by atoms with E-state index in [1.807, 2.05) is 14.0 Å². The Morgan fingerprint density at radius 2 is 1.90 bits per heavy atom. The predicted octanol–water partition coefficient (Wildman–Crippen LogP) is 2.16. The monoisotopic (exact) mass is 407 g/mol. The van der Waals surface area contributed by atoms with Crippen molar-refractivity contribution in [1.82, 2.24) is 29.5 Å². The quantitative estimate of drug-likeness (QED) is 0.662. The highest BCUT2D eigenvalue weighted by atomic mass is 19.4. The highest BCUT2D eigenvalue weighted by Gasteiger charge is 2.33. The maximum absolute atomic E-state index is 12.9. The number of alkyl halides is 3. The number of anilines is 1. The van der Waals surface area contributed by atoms with Gasteiger partial charge in [0.25, 0.3) is 5.56 Å². The summed E-state index contributed by atoms with van der Waals surface area (Å²) in [6, 6.07) is 1.64. The van der Waals surface area contributed by atoms with Crippen LogP contribution in [-0.4, -0.2) is 42.6 Å². The number of aromatic nitrogens is 6. The summed E-state index contributed by atoms with van der Waals surface area (Å²) in [5.74, 6) is 1.53. The van der Waals surface area contributed by atoms with Gasteiger partial charge in [-0.1, -0.05) is 0 Å². The number of nitrogens with zero attached hydrogens (tertiary/aromatic N) is 7. The van der Waals surface area contributed by atoms with Gasteiger partial charge in [-0.15, -0.1) is 0 Å². The van der Waals surface area contributed by atoms with Crippen LogP contribution in [0.1, 0.15) is 24.4 Å². The number of fused-ring (bicyclic) bond motifs is 1. The molecule has 3 aromatic rings. The number of hydrogen-bond donors (Lipinski definition) is 0. The van der Waals surface area contributed by atoms with Gasteiger partial charge in [0, 0.05) is 32.7 Å². The first-order valence-electron chi connectivity index (χ1n) is 9.29. The van der Waals surface area contributed by atoms with Crippen molar-refractivity contribution in [2.75, 3.05) is 18.0 Å². The van der Waals surface area contributed by atoms with Crippen molar-refractivity contribution in [1.29, 1.82) is 0 Å². The Bertz CT molecular complexity index is 1100. The second-order valence-corrected chi connectivity index (χ2v) is 7.27. The Morgan fingerprint density at radius 3 is 2.59 bits per heavy atom. The lowest BCUT2D eigenvalue weighted by molar-refractivity contribution is -0.142. The molecular formula is C18H20F3N7O. The molecule has 154 valence electrons. The molecule has 4 rings (SSSR count). The Morgan fingerprint density at radius 1 is 1.17 bits per heavy atom. The molecule has 0 N–H and O–H groups in total. The van der Waals surface area contributed by atoms with Crippen LogP contribution in [0.3, 0.4) is 0 Å². The normalized spacial score (nSPS) is 16.0. The van der Waals surface area contributed by atoms with E-state index in [2.05, 4.69) is 25.1 Å². The van der Waals surface area contributed by atoms with E-state index >= 15 is 0 Å². The van der Waals surface area contributed by atoms with E-state index in [0.717, 1.165) is 46.5 Å². The third-order valence-corrected chi connectivity index (χ3v) is 5.19. The molecule has 0 aromatic carbocycles. The van der Waals surface area contributed by atoms with Gasteiger partial charge in [-0.05, 0) is 31.7 Å². The third-order valence-electron chi connectivity index (χ3n) is 5.19. The highest BCUT2D eigenvalue weighted by Crippen LogP contribution is 2.29. The number of piperidine rings is 1. The fourth-order valence-corrected chi connectivity index (χ4v) is 3.66. The summed E-state index contributed by atoms with van der Waals surface area (Å²) in [6.07, 6.45) is -1.40. The number of hydrogen-bond acceptors (Lipinski definition) is 6. The van der Waals surface area contributed by atoms with E-state index in [-0.39, 0.29) is 12.5 Å². The van der Waals surface area contributed by atoms with Gasteiger partial charge in [0.15, 0.2) is 11.3 Å². The van der Waals surface area contributed by atoms with Crippen molar-refractivity contribution in [2.24, 2.45) is 13.0 Å². The van der Waals surface area contributed by atoms with E-state index in [9.17, 15) is 18.0 Å². The lowest BCUT2D eigenvalue weighted by atomic mass is 9.96. The van der Waals surface area contributed by atoms with Gasteiger partial charge >= 0.3 is 6.18 Å².